The predicted molar refractivity (Wildman–Crippen MR) is 91.7 cm³/mol. The van der Waals surface area contributed by atoms with Crippen LogP contribution in [-0.4, -0.2) is 48.1 Å². The molecule has 1 saturated heterocycles. The highest BCUT2D eigenvalue weighted by Crippen LogP contribution is 2.21. The number of carbonyl (C=O) groups is 2. The van der Waals surface area contributed by atoms with Crippen LogP contribution in [0.4, 0.5) is 9.18 Å². The Kier molecular flexibility index (Phi) is 5.21. The molecule has 1 aliphatic rings. The number of likely N-dealkylation sites (tertiary alicyclic amines) is 1. The minimum Gasteiger partial charge on any atom is -0.469 e. The molecular weight excluding hydrogens is 325 g/mol. The van der Waals surface area contributed by atoms with Crippen LogP contribution >= 0.6 is 0 Å². The summed E-state index contributed by atoms with van der Waals surface area (Å²) in [6.45, 7) is 1.09. The molecule has 2 heterocycles. The van der Waals surface area contributed by atoms with Gasteiger partial charge in [-0.2, -0.15) is 0 Å². The maximum atomic E-state index is 13.4. The summed E-state index contributed by atoms with van der Waals surface area (Å²) >= 11 is 0. The van der Waals surface area contributed by atoms with E-state index in [1.165, 1.54) is 19.2 Å². The molecule has 1 aromatic carbocycles. The second kappa shape index (κ2) is 7.55. The van der Waals surface area contributed by atoms with E-state index in [1.807, 2.05) is 6.20 Å². The Morgan fingerprint density at radius 1 is 1.44 bits per heavy atom. The summed E-state index contributed by atoms with van der Waals surface area (Å²) in [5.41, 5.74) is 1.84. The van der Waals surface area contributed by atoms with Gasteiger partial charge in [-0.15, -0.1) is 0 Å². The number of methoxy groups -OCH3 is 1. The molecule has 1 aliphatic heterocycles. The van der Waals surface area contributed by atoms with E-state index in [2.05, 4.69) is 15.0 Å². The first-order chi connectivity index (χ1) is 12.1. The van der Waals surface area contributed by atoms with E-state index in [9.17, 15) is 14.0 Å². The van der Waals surface area contributed by atoms with Crippen LogP contribution in [0.3, 0.4) is 0 Å². The minimum atomic E-state index is -0.300. The Bertz CT molecular complexity index is 774. The number of rotatable bonds is 5. The van der Waals surface area contributed by atoms with Gasteiger partial charge in [0.05, 0.1) is 13.5 Å². The standard InChI is InChI=1S/C18H22FN3O3/c1-25-17(23)10-14-3-2-8-22(14)18(24)20-7-6-12-11-21-16-5-4-13(19)9-15(12)16/h4-5,9,11,14,21H,2-3,6-8,10H2,1H3,(H,20,24)/t14-/m1/s1. The summed E-state index contributed by atoms with van der Waals surface area (Å²) < 4.78 is 18.1. The van der Waals surface area contributed by atoms with Crippen molar-refractivity contribution in [2.45, 2.75) is 31.7 Å². The number of ether oxygens (including phenoxy) is 1. The quantitative estimate of drug-likeness (QED) is 0.817. The molecule has 7 heteroatoms. The molecule has 1 fully saturated rings. The molecule has 0 unspecified atom stereocenters. The van der Waals surface area contributed by atoms with Crippen LogP contribution < -0.4 is 5.32 Å². The van der Waals surface area contributed by atoms with Crippen molar-refractivity contribution in [3.63, 3.8) is 0 Å². The van der Waals surface area contributed by atoms with Crippen LogP contribution in [0.2, 0.25) is 0 Å². The van der Waals surface area contributed by atoms with Gasteiger partial charge >= 0.3 is 12.0 Å². The molecule has 0 spiro atoms. The van der Waals surface area contributed by atoms with Gasteiger partial charge in [-0.05, 0) is 43.0 Å². The summed E-state index contributed by atoms with van der Waals surface area (Å²) in [5.74, 6) is -0.578. The Balaban J connectivity index is 1.55. The zero-order chi connectivity index (χ0) is 17.8. The third-order valence-electron chi connectivity index (χ3n) is 4.67. The predicted octanol–water partition coefficient (Wildman–Crippen LogP) is 2.59. The molecule has 6 nitrogen and oxygen atoms in total. The number of fused-ring (bicyclic) bond motifs is 1. The SMILES string of the molecule is COC(=O)C[C@H]1CCCN1C(=O)NCCc1c[nH]c2ccc(F)cc12. The summed E-state index contributed by atoms with van der Waals surface area (Å²) in [6.07, 6.45) is 4.36. The number of hydrogen-bond acceptors (Lipinski definition) is 3. The molecule has 0 bridgehead atoms. The molecule has 2 aromatic rings. The van der Waals surface area contributed by atoms with E-state index in [0.717, 1.165) is 29.3 Å². The monoisotopic (exact) mass is 347 g/mol. The Labute approximate surface area is 145 Å². The average molecular weight is 347 g/mol. The second-order valence-corrected chi connectivity index (χ2v) is 6.26. The number of urea groups is 1. The van der Waals surface area contributed by atoms with Crippen molar-refractivity contribution in [2.75, 3.05) is 20.2 Å². The van der Waals surface area contributed by atoms with E-state index >= 15 is 0 Å². The van der Waals surface area contributed by atoms with E-state index in [0.29, 0.717) is 19.5 Å². The summed E-state index contributed by atoms with van der Waals surface area (Å²) in [5, 5.41) is 3.72. The largest absolute Gasteiger partial charge is 0.469 e. The third kappa shape index (κ3) is 3.92. The van der Waals surface area contributed by atoms with Crippen molar-refractivity contribution < 1.29 is 18.7 Å². The highest BCUT2D eigenvalue weighted by atomic mass is 19.1. The lowest BCUT2D eigenvalue weighted by Crippen LogP contribution is -2.44. The fourth-order valence-electron chi connectivity index (χ4n) is 3.35. The van der Waals surface area contributed by atoms with E-state index in [1.54, 1.807) is 11.0 Å². The first-order valence-corrected chi connectivity index (χ1v) is 8.45. The van der Waals surface area contributed by atoms with Crippen molar-refractivity contribution in [1.82, 2.24) is 15.2 Å². The van der Waals surface area contributed by atoms with Crippen LogP contribution in [0.1, 0.15) is 24.8 Å². The van der Waals surface area contributed by atoms with Crippen LogP contribution in [0.15, 0.2) is 24.4 Å². The van der Waals surface area contributed by atoms with Gasteiger partial charge in [0.15, 0.2) is 0 Å². The highest BCUT2D eigenvalue weighted by molar-refractivity contribution is 5.83. The summed E-state index contributed by atoms with van der Waals surface area (Å²) in [6, 6.07) is 4.34. The van der Waals surface area contributed by atoms with Crippen molar-refractivity contribution in [2.24, 2.45) is 0 Å². The number of halogens is 1. The van der Waals surface area contributed by atoms with Gasteiger partial charge in [0.1, 0.15) is 5.82 Å². The third-order valence-corrected chi connectivity index (χ3v) is 4.67. The number of amides is 2. The summed E-state index contributed by atoms with van der Waals surface area (Å²) in [7, 11) is 1.35. The normalized spacial score (nSPS) is 17.0. The molecule has 25 heavy (non-hydrogen) atoms. The van der Waals surface area contributed by atoms with E-state index in [4.69, 9.17) is 0 Å². The topological polar surface area (TPSA) is 74.4 Å². The number of nitrogens with one attached hydrogen (secondary N) is 2. The van der Waals surface area contributed by atoms with Crippen molar-refractivity contribution in [3.05, 3.63) is 35.8 Å². The Morgan fingerprint density at radius 3 is 3.08 bits per heavy atom. The molecule has 1 atom stereocenters. The van der Waals surface area contributed by atoms with Gasteiger partial charge in [0.25, 0.3) is 0 Å². The minimum absolute atomic E-state index is 0.102. The van der Waals surface area contributed by atoms with Crippen LogP contribution in [-0.2, 0) is 16.0 Å². The molecule has 2 N–H and O–H groups in total. The molecule has 134 valence electrons. The number of benzene rings is 1. The van der Waals surface area contributed by atoms with Crippen molar-refractivity contribution in [3.8, 4) is 0 Å². The Morgan fingerprint density at radius 2 is 2.28 bits per heavy atom. The number of hydrogen-bond donors (Lipinski definition) is 2. The number of nitrogens with zero attached hydrogens (tertiary/aromatic N) is 1. The molecule has 0 saturated carbocycles. The zero-order valence-electron chi connectivity index (χ0n) is 14.2. The average Bonchev–Trinajstić information content (AvgIpc) is 3.21. The van der Waals surface area contributed by atoms with Gasteiger partial charge < -0.3 is 19.9 Å². The Hall–Kier alpha value is -2.57. The molecule has 0 radical (unpaired) electrons. The number of aromatic amines is 1. The lowest BCUT2D eigenvalue weighted by atomic mass is 10.1. The molecule has 2 amide bonds. The molecule has 1 aromatic heterocycles. The van der Waals surface area contributed by atoms with Crippen LogP contribution in [0.5, 0.6) is 0 Å². The van der Waals surface area contributed by atoms with Gasteiger partial charge in [-0.3, -0.25) is 4.79 Å². The number of esters is 1. The molecule has 0 aliphatic carbocycles. The van der Waals surface area contributed by atoms with Gasteiger partial charge in [0.2, 0.25) is 0 Å². The van der Waals surface area contributed by atoms with Crippen molar-refractivity contribution in [1.29, 1.82) is 0 Å². The fourth-order valence-corrected chi connectivity index (χ4v) is 3.35. The second-order valence-electron chi connectivity index (χ2n) is 6.26. The fraction of sp³-hybridized carbons (Fsp3) is 0.444. The first kappa shape index (κ1) is 17.3. The number of H-pyrrole nitrogens is 1. The number of carbonyl (C=O) groups excluding carboxylic acids is 2. The smallest absolute Gasteiger partial charge is 0.317 e. The van der Waals surface area contributed by atoms with Crippen molar-refractivity contribution >= 4 is 22.9 Å². The van der Waals surface area contributed by atoms with Crippen LogP contribution in [0, 0.1) is 5.82 Å². The van der Waals surface area contributed by atoms with Crippen LogP contribution in [0.25, 0.3) is 10.9 Å². The first-order valence-electron chi connectivity index (χ1n) is 8.45. The van der Waals surface area contributed by atoms with Gasteiger partial charge in [-0.25, -0.2) is 9.18 Å². The molecule has 3 rings (SSSR count). The van der Waals surface area contributed by atoms with E-state index < -0.39 is 0 Å². The van der Waals surface area contributed by atoms with E-state index in [-0.39, 0.29) is 30.3 Å². The highest BCUT2D eigenvalue weighted by Gasteiger charge is 2.30. The zero-order valence-corrected chi connectivity index (χ0v) is 14.2. The molecular formula is C18H22FN3O3. The maximum Gasteiger partial charge on any atom is 0.317 e. The maximum absolute atomic E-state index is 13.4. The van der Waals surface area contributed by atoms with Gasteiger partial charge in [-0.1, -0.05) is 0 Å². The number of aromatic nitrogens is 1. The van der Waals surface area contributed by atoms with Gasteiger partial charge in [0, 0.05) is 36.2 Å². The summed E-state index contributed by atoms with van der Waals surface area (Å²) in [4.78, 5) is 28.6. The lowest BCUT2D eigenvalue weighted by molar-refractivity contribution is -0.141. The lowest BCUT2D eigenvalue weighted by Gasteiger charge is -2.24.